The van der Waals surface area contributed by atoms with Crippen LogP contribution in [0.5, 0.6) is 0 Å². The van der Waals surface area contributed by atoms with Gasteiger partial charge in [0.1, 0.15) is 0 Å². The zero-order valence-electron chi connectivity index (χ0n) is 12.2. The maximum absolute atomic E-state index is 8.64. The molecule has 6 heteroatoms. The van der Waals surface area contributed by atoms with Crippen LogP contribution in [0.3, 0.4) is 0 Å². The third-order valence-corrected chi connectivity index (χ3v) is 3.96. The van der Waals surface area contributed by atoms with E-state index in [4.69, 9.17) is 10.9 Å². The third-order valence-electron chi connectivity index (χ3n) is 3.96. The molecule has 1 aliphatic carbocycles. The van der Waals surface area contributed by atoms with Crippen LogP contribution in [-0.2, 0) is 6.54 Å². The van der Waals surface area contributed by atoms with Crippen molar-refractivity contribution in [3.63, 3.8) is 0 Å². The van der Waals surface area contributed by atoms with Crippen LogP contribution < -0.4 is 5.73 Å². The minimum absolute atomic E-state index is 0.235. The van der Waals surface area contributed by atoms with Crippen LogP contribution in [0.2, 0.25) is 0 Å². The van der Waals surface area contributed by atoms with Gasteiger partial charge in [-0.15, -0.1) is 0 Å². The van der Waals surface area contributed by atoms with E-state index in [9.17, 15) is 0 Å². The second-order valence-electron chi connectivity index (χ2n) is 5.47. The first-order valence-corrected chi connectivity index (χ1v) is 7.45. The molecule has 0 spiro atoms. The van der Waals surface area contributed by atoms with Crippen molar-refractivity contribution in [3.05, 3.63) is 18.0 Å². The molecule has 1 aromatic rings. The van der Waals surface area contributed by atoms with E-state index >= 15 is 0 Å². The molecule has 6 nitrogen and oxygen atoms in total. The Morgan fingerprint density at radius 1 is 1.50 bits per heavy atom. The van der Waals surface area contributed by atoms with Crippen LogP contribution in [0.25, 0.3) is 0 Å². The van der Waals surface area contributed by atoms with Gasteiger partial charge >= 0.3 is 0 Å². The van der Waals surface area contributed by atoms with Crippen LogP contribution in [0.1, 0.15) is 50.8 Å². The van der Waals surface area contributed by atoms with Gasteiger partial charge in [0.25, 0.3) is 0 Å². The minimum atomic E-state index is 0.235. The first-order valence-electron chi connectivity index (χ1n) is 7.45. The molecule has 2 rings (SSSR count). The van der Waals surface area contributed by atoms with Crippen molar-refractivity contribution in [3.8, 4) is 0 Å². The summed E-state index contributed by atoms with van der Waals surface area (Å²) in [4.78, 5) is 2.10. The normalized spacial score (nSPS) is 17.8. The quantitative estimate of drug-likeness (QED) is 0.361. The Morgan fingerprint density at radius 2 is 2.25 bits per heavy atom. The Morgan fingerprint density at radius 3 is 2.90 bits per heavy atom. The average Bonchev–Trinajstić information content (AvgIpc) is 2.95. The Bertz CT molecular complexity index is 437. The lowest BCUT2D eigenvalue weighted by atomic mass is 9.96. The third kappa shape index (κ3) is 3.96. The van der Waals surface area contributed by atoms with Crippen molar-refractivity contribution in [2.75, 3.05) is 13.1 Å². The summed E-state index contributed by atoms with van der Waals surface area (Å²) >= 11 is 0. The molecular formula is C14H25N5O. The van der Waals surface area contributed by atoms with E-state index in [-0.39, 0.29) is 5.84 Å². The second kappa shape index (κ2) is 7.28. The molecule has 0 saturated heterocycles. The molecule has 1 fully saturated rings. The molecule has 0 bridgehead atoms. The number of rotatable bonds is 6. The van der Waals surface area contributed by atoms with Gasteiger partial charge in [0.2, 0.25) is 0 Å². The van der Waals surface area contributed by atoms with Crippen LogP contribution in [0, 0.1) is 0 Å². The van der Waals surface area contributed by atoms with Crippen LogP contribution in [-0.4, -0.2) is 38.8 Å². The molecule has 0 amide bonds. The lowest BCUT2D eigenvalue weighted by Crippen LogP contribution is -2.33. The molecule has 0 unspecified atom stereocenters. The summed E-state index contributed by atoms with van der Waals surface area (Å²) in [5, 5.41) is 16.3. The molecule has 20 heavy (non-hydrogen) atoms. The number of aromatic nitrogens is 2. The highest BCUT2D eigenvalue weighted by molar-refractivity contribution is 5.81. The van der Waals surface area contributed by atoms with Crippen LogP contribution in [0.15, 0.2) is 17.4 Å². The number of amidine groups is 1. The highest BCUT2D eigenvalue weighted by Gasteiger charge is 2.16. The number of nitrogens with two attached hydrogens (primary N) is 1. The van der Waals surface area contributed by atoms with Crippen LogP contribution >= 0.6 is 0 Å². The van der Waals surface area contributed by atoms with Crippen molar-refractivity contribution in [2.45, 2.75) is 51.6 Å². The predicted octanol–water partition coefficient (Wildman–Crippen LogP) is 1.96. The van der Waals surface area contributed by atoms with E-state index in [1.165, 1.54) is 32.1 Å². The van der Waals surface area contributed by atoms with Crippen molar-refractivity contribution in [1.82, 2.24) is 14.7 Å². The molecule has 0 aromatic carbocycles. The van der Waals surface area contributed by atoms with Gasteiger partial charge in [-0.2, -0.15) is 5.10 Å². The maximum atomic E-state index is 8.64. The lowest BCUT2D eigenvalue weighted by molar-refractivity contribution is 0.288. The number of likely N-dealkylation sites (N-methyl/N-ethyl adjacent to an activating group) is 1. The maximum Gasteiger partial charge on any atom is 0.153 e. The van der Waals surface area contributed by atoms with Gasteiger partial charge in [0.05, 0.1) is 18.3 Å². The van der Waals surface area contributed by atoms with Crippen molar-refractivity contribution in [1.29, 1.82) is 0 Å². The van der Waals surface area contributed by atoms with E-state index in [1.54, 1.807) is 0 Å². The minimum Gasteiger partial charge on any atom is -0.409 e. The predicted molar refractivity (Wildman–Crippen MR) is 78.7 cm³/mol. The Kier molecular flexibility index (Phi) is 5.40. The second-order valence-corrected chi connectivity index (χ2v) is 5.47. The SMILES string of the molecule is CCN(CC(N)=NO)Cc1ccn(C2CCCCC2)n1. The van der Waals surface area contributed by atoms with Gasteiger partial charge in [-0.25, -0.2) is 0 Å². The molecule has 112 valence electrons. The molecule has 1 heterocycles. The summed E-state index contributed by atoms with van der Waals surface area (Å²) in [7, 11) is 0. The molecule has 1 saturated carbocycles. The smallest absolute Gasteiger partial charge is 0.153 e. The lowest BCUT2D eigenvalue weighted by Gasteiger charge is -2.22. The first-order chi connectivity index (χ1) is 9.72. The Balaban J connectivity index is 1.93. The van der Waals surface area contributed by atoms with Crippen molar-refractivity contribution in [2.24, 2.45) is 10.9 Å². The zero-order valence-corrected chi connectivity index (χ0v) is 12.2. The van der Waals surface area contributed by atoms with E-state index in [0.717, 1.165) is 18.8 Å². The summed E-state index contributed by atoms with van der Waals surface area (Å²) in [6, 6.07) is 2.64. The van der Waals surface area contributed by atoms with Gasteiger partial charge in [0, 0.05) is 12.7 Å². The molecule has 0 radical (unpaired) electrons. The first kappa shape index (κ1) is 14.8. The summed E-state index contributed by atoms with van der Waals surface area (Å²) in [5.41, 5.74) is 6.60. The average molecular weight is 279 g/mol. The van der Waals surface area contributed by atoms with Gasteiger partial charge in [-0.3, -0.25) is 9.58 Å². The van der Waals surface area contributed by atoms with E-state index < -0.39 is 0 Å². The van der Waals surface area contributed by atoms with Gasteiger partial charge in [-0.05, 0) is 25.5 Å². The van der Waals surface area contributed by atoms with E-state index in [0.29, 0.717) is 12.6 Å². The highest BCUT2D eigenvalue weighted by Crippen LogP contribution is 2.27. The van der Waals surface area contributed by atoms with E-state index in [1.807, 2.05) is 0 Å². The molecule has 0 aliphatic heterocycles. The fourth-order valence-electron chi connectivity index (χ4n) is 2.78. The number of hydrogen-bond donors (Lipinski definition) is 2. The van der Waals surface area contributed by atoms with Crippen molar-refractivity contribution >= 4 is 5.84 Å². The topological polar surface area (TPSA) is 79.7 Å². The summed E-state index contributed by atoms with van der Waals surface area (Å²) in [5.74, 6) is 0.235. The molecule has 1 aromatic heterocycles. The summed E-state index contributed by atoms with van der Waals surface area (Å²) < 4.78 is 2.12. The summed E-state index contributed by atoms with van der Waals surface area (Å²) in [6.45, 7) is 4.09. The molecular weight excluding hydrogens is 254 g/mol. The fraction of sp³-hybridized carbons (Fsp3) is 0.714. The highest BCUT2D eigenvalue weighted by atomic mass is 16.4. The molecule has 0 atom stereocenters. The molecule has 3 N–H and O–H groups in total. The van der Waals surface area contributed by atoms with Crippen molar-refractivity contribution < 1.29 is 5.21 Å². The number of nitrogens with zero attached hydrogens (tertiary/aromatic N) is 4. The largest absolute Gasteiger partial charge is 0.409 e. The van der Waals surface area contributed by atoms with Gasteiger partial charge < -0.3 is 10.9 Å². The standard InChI is InChI=1S/C14H25N5O/c1-2-18(11-14(15)17-20)10-12-8-9-19(16-12)13-6-4-3-5-7-13/h8-9,13,20H,2-7,10-11H2,1H3,(H2,15,17). The monoisotopic (exact) mass is 279 g/mol. The number of hydrogen-bond acceptors (Lipinski definition) is 4. The number of oxime groups is 1. The zero-order chi connectivity index (χ0) is 14.4. The summed E-state index contributed by atoms with van der Waals surface area (Å²) in [6.07, 6.45) is 8.54. The van der Waals surface area contributed by atoms with Crippen LogP contribution in [0.4, 0.5) is 0 Å². The van der Waals surface area contributed by atoms with E-state index in [2.05, 4.69) is 39.0 Å². The molecule has 1 aliphatic rings. The Hall–Kier alpha value is -1.56. The van der Waals surface area contributed by atoms with Gasteiger partial charge in [0.15, 0.2) is 5.84 Å². The van der Waals surface area contributed by atoms with Gasteiger partial charge in [-0.1, -0.05) is 31.3 Å². The fourth-order valence-corrected chi connectivity index (χ4v) is 2.78. The Labute approximate surface area is 120 Å².